The number of hydrogen-bond donors (Lipinski definition) is 1. The van der Waals surface area contributed by atoms with E-state index in [0.29, 0.717) is 5.13 Å². The second kappa shape index (κ2) is 6.89. The van der Waals surface area contributed by atoms with Crippen LogP contribution in [0.1, 0.15) is 0 Å². The molecule has 0 aliphatic rings. The van der Waals surface area contributed by atoms with Gasteiger partial charge in [-0.3, -0.25) is 19.6 Å². The topological polar surface area (TPSA) is 103 Å². The third-order valence-corrected chi connectivity index (χ3v) is 4.31. The molecule has 0 spiro atoms. The fourth-order valence-corrected chi connectivity index (χ4v) is 2.92. The maximum Gasteiger partial charge on any atom is 0.307 e. The molecule has 0 aliphatic carbocycles. The van der Waals surface area contributed by atoms with Gasteiger partial charge in [0, 0.05) is 15.4 Å². The molecule has 3 rings (SSSR count). The van der Waals surface area contributed by atoms with Gasteiger partial charge in [-0.05, 0) is 12.1 Å². The smallest absolute Gasteiger partial charge is 0.300 e. The summed E-state index contributed by atoms with van der Waals surface area (Å²) in [5, 5.41) is 19.3. The molecule has 1 aromatic carbocycles. The fraction of sp³-hybridized carbons (Fsp3) is 0.0714. The van der Waals surface area contributed by atoms with Crippen LogP contribution in [0.15, 0.2) is 46.5 Å². The van der Waals surface area contributed by atoms with Gasteiger partial charge in [0.25, 0.3) is 0 Å². The molecular weight excluding hydrogens is 398 g/mol. The van der Waals surface area contributed by atoms with Crippen molar-refractivity contribution < 1.29 is 9.72 Å². The lowest BCUT2D eigenvalue weighted by molar-refractivity contribution is -0.385. The summed E-state index contributed by atoms with van der Waals surface area (Å²) in [5.74, 6) is -0.357. The zero-order chi connectivity index (χ0) is 17.1. The van der Waals surface area contributed by atoms with Gasteiger partial charge in [-0.25, -0.2) is 4.98 Å². The van der Waals surface area contributed by atoms with Crippen LogP contribution in [0.4, 0.5) is 10.8 Å². The van der Waals surface area contributed by atoms with Crippen LogP contribution >= 0.6 is 27.3 Å². The van der Waals surface area contributed by atoms with Crippen LogP contribution in [0, 0.1) is 10.1 Å². The first-order chi connectivity index (χ1) is 11.5. The number of amides is 1. The second-order valence-corrected chi connectivity index (χ2v) is 6.52. The molecule has 0 radical (unpaired) electrons. The summed E-state index contributed by atoms with van der Waals surface area (Å²) in [5.41, 5.74) is 1.55. The number of carbonyl (C=O) groups is 1. The van der Waals surface area contributed by atoms with Crippen molar-refractivity contribution in [2.24, 2.45) is 0 Å². The Morgan fingerprint density at radius 2 is 2.12 bits per heavy atom. The van der Waals surface area contributed by atoms with E-state index in [1.54, 1.807) is 0 Å². The van der Waals surface area contributed by atoms with Crippen molar-refractivity contribution in [2.45, 2.75) is 6.54 Å². The average Bonchev–Trinajstić information content (AvgIpc) is 3.17. The molecule has 0 saturated heterocycles. The molecule has 3 aromatic rings. The van der Waals surface area contributed by atoms with Crippen molar-refractivity contribution in [3.05, 3.63) is 56.6 Å². The van der Waals surface area contributed by atoms with Gasteiger partial charge in [0.15, 0.2) is 5.13 Å². The number of nitrogens with zero attached hydrogens (tertiary/aromatic N) is 4. The van der Waals surface area contributed by atoms with Gasteiger partial charge in [0.05, 0.1) is 10.6 Å². The monoisotopic (exact) mass is 407 g/mol. The Labute approximate surface area is 148 Å². The molecule has 0 fully saturated rings. The molecule has 1 N–H and O–H groups in total. The highest BCUT2D eigenvalue weighted by Crippen LogP contribution is 2.26. The molecule has 122 valence electrons. The highest BCUT2D eigenvalue weighted by atomic mass is 79.9. The zero-order valence-corrected chi connectivity index (χ0v) is 14.5. The van der Waals surface area contributed by atoms with Crippen LogP contribution in [0.2, 0.25) is 0 Å². The van der Waals surface area contributed by atoms with Crippen molar-refractivity contribution in [3.63, 3.8) is 0 Å². The summed E-state index contributed by atoms with van der Waals surface area (Å²) in [7, 11) is 0. The number of anilines is 1. The predicted molar refractivity (Wildman–Crippen MR) is 92.8 cm³/mol. The molecule has 10 heteroatoms. The minimum absolute atomic E-state index is 0.124. The van der Waals surface area contributed by atoms with Gasteiger partial charge < -0.3 is 5.32 Å². The fourth-order valence-electron chi connectivity index (χ4n) is 1.92. The quantitative estimate of drug-likeness (QED) is 0.515. The third kappa shape index (κ3) is 3.84. The summed E-state index contributed by atoms with van der Waals surface area (Å²) in [6.07, 6.45) is 2.30. The van der Waals surface area contributed by atoms with Gasteiger partial charge in [0.2, 0.25) is 5.91 Å². The van der Waals surface area contributed by atoms with Gasteiger partial charge in [0.1, 0.15) is 18.9 Å². The zero-order valence-electron chi connectivity index (χ0n) is 12.0. The molecule has 2 heterocycles. The summed E-state index contributed by atoms with van der Waals surface area (Å²) >= 11 is 4.68. The van der Waals surface area contributed by atoms with E-state index >= 15 is 0 Å². The van der Waals surface area contributed by atoms with E-state index in [-0.39, 0.29) is 18.1 Å². The van der Waals surface area contributed by atoms with Crippen LogP contribution in [0.3, 0.4) is 0 Å². The molecule has 8 nitrogen and oxygen atoms in total. The Balaban J connectivity index is 1.64. The van der Waals surface area contributed by atoms with Crippen molar-refractivity contribution >= 4 is 44.0 Å². The van der Waals surface area contributed by atoms with E-state index in [1.807, 2.05) is 29.6 Å². The Bertz CT molecular complexity index is 890. The largest absolute Gasteiger partial charge is 0.307 e. The maximum atomic E-state index is 12.0. The number of nitro groups is 1. The average molecular weight is 408 g/mol. The number of carbonyl (C=O) groups excluding carboxylic acids is 1. The number of halogens is 1. The first-order valence-electron chi connectivity index (χ1n) is 6.69. The minimum Gasteiger partial charge on any atom is -0.300 e. The summed E-state index contributed by atoms with van der Waals surface area (Å²) < 4.78 is 2.18. The molecule has 0 atom stereocenters. The molecule has 0 aliphatic heterocycles. The highest BCUT2D eigenvalue weighted by Gasteiger charge is 2.12. The van der Waals surface area contributed by atoms with Crippen molar-refractivity contribution in [2.75, 3.05) is 5.32 Å². The number of hydrogen-bond acceptors (Lipinski definition) is 6. The Kier molecular flexibility index (Phi) is 4.67. The normalized spacial score (nSPS) is 10.5. The van der Waals surface area contributed by atoms with Crippen LogP contribution in [-0.4, -0.2) is 25.6 Å². The Morgan fingerprint density at radius 3 is 2.79 bits per heavy atom. The van der Waals surface area contributed by atoms with Crippen LogP contribution in [0.5, 0.6) is 0 Å². The van der Waals surface area contributed by atoms with Crippen molar-refractivity contribution in [1.29, 1.82) is 0 Å². The number of nitrogens with one attached hydrogen (secondary N) is 1. The van der Waals surface area contributed by atoms with Gasteiger partial charge in [-0.2, -0.15) is 5.10 Å². The molecule has 1 amide bonds. The van der Waals surface area contributed by atoms with Gasteiger partial charge in [-0.1, -0.05) is 28.1 Å². The lowest BCUT2D eigenvalue weighted by atomic mass is 10.2. The number of rotatable bonds is 5. The van der Waals surface area contributed by atoms with Crippen LogP contribution < -0.4 is 5.32 Å². The van der Waals surface area contributed by atoms with E-state index < -0.39 is 4.92 Å². The Morgan fingerprint density at radius 1 is 1.38 bits per heavy atom. The molecule has 0 unspecified atom stereocenters. The highest BCUT2D eigenvalue weighted by molar-refractivity contribution is 9.10. The Hall–Kier alpha value is -2.59. The first kappa shape index (κ1) is 16.3. The maximum absolute atomic E-state index is 12.0. The van der Waals surface area contributed by atoms with Gasteiger partial charge in [-0.15, -0.1) is 11.3 Å². The van der Waals surface area contributed by atoms with E-state index in [0.717, 1.165) is 21.9 Å². The molecule has 24 heavy (non-hydrogen) atoms. The number of aromatic nitrogens is 3. The summed E-state index contributed by atoms with van der Waals surface area (Å²) in [4.78, 5) is 26.4. The summed E-state index contributed by atoms with van der Waals surface area (Å²) in [6, 6.07) is 7.68. The van der Waals surface area contributed by atoms with E-state index in [9.17, 15) is 14.9 Å². The van der Waals surface area contributed by atoms with Crippen LogP contribution in [-0.2, 0) is 11.3 Å². The lowest BCUT2D eigenvalue weighted by Gasteiger charge is -2.01. The van der Waals surface area contributed by atoms with Gasteiger partial charge >= 0.3 is 5.69 Å². The van der Waals surface area contributed by atoms with E-state index in [2.05, 4.69) is 31.3 Å². The predicted octanol–water partition coefficient (Wildman–Crippen LogP) is 3.32. The molecule has 0 saturated carbocycles. The molecule has 2 aromatic heterocycles. The molecular formula is C14H10BrN5O3S. The molecule has 0 bridgehead atoms. The number of thiazole rings is 1. The SMILES string of the molecule is O=C(Cn1cc([N+](=O)[O-])cn1)Nc1nc(-c2ccc(Br)cc2)cs1. The van der Waals surface area contributed by atoms with Crippen LogP contribution in [0.25, 0.3) is 11.3 Å². The lowest BCUT2D eigenvalue weighted by Crippen LogP contribution is -2.18. The second-order valence-electron chi connectivity index (χ2n) is 4.75. The standard InChI is InChI=1S/C14H10BrN5O3S/c15-10-3-1-9(2-4-10)12-8-24-14(17-12)18-13(21)7-19-6-11(5-16-19)20(22)23/h1-6,8H,7H2,(H,17,18,21). The first-order valence-corrected chi connectivity index (χ1v) is 8.37. The van der Waals surface area contributed by atoms with E-state index in [1.165, 1.54) is 22.2 Å². The van der Waals surface area contributed by atoms with E-state index in [4.69, 9.17) is 0 Å². The minimum atomic E-state index is -0.563. The van der Waals surface area contributed by atoms with Crippen molar-refractivity contribution in [1.82, 2.24) is 14.8 Å². The van der Waals surface area contributed by atoms with Crippen molar-refractivity contribution in [3.8, 4) is 11.3 Å². The third-order valence-electron chi connectivity index (χ3n) is 3.03. The number of benzene rings is 1. The summed E-state index contributed by atoms with van der Waals surface area (Å²) in [6.45, 7) is -0.124.